The van der Waals surface area contributed by atoms with Crippen LogP contribution < -0.4 is 10.6 Å². The van der Waals surface area contributed by atoms with Crippen molar-refractivity contribution in [1.82, 2.24) is 10.2 Å². The summed E-state index contributed by atoms with van der Waals surface area (Å²) in [7, 11) is 0. The zero-order valence-electron chi connectivity index (χ0n) is 14.2. The molecule has 2 aromatic rings. The van der Waals surface area contributed by atoms with Crippen molar-refractivity contribution >= 4 is 23.0 Å². The van der Waals surface area contributed by atoms with Gasteiger partial charge in [-0.3, -0.25) is 4.90 Å². The molecule has 1 heterocycles. The first-order valence-corrected chi connectivity index (χ1v) is 9.04. The van der Waals surface area contributed by atoms with Crippen molar-refractivity contribution in [2.24, 2.45) is 0 Å². The van der Waals surface area contributed by atoms with Crippen LogP contribution in [0.3, 0.4) is 0 Å². The van der Waals surface area contributed by atoms with Crippen molar-refractivity contribution in [3.63, 3.8) is 0 Å². The molecular formula is C20H25N3S. The monoisotopic (exact) mass is 339 g/mol. The molecule has 2 aromatic carbocycles. The molecule has 0 radical (unpaired) electrons. The Hall–Kier alpha value is -1.91. The number of nitrogens with one attached hydrogen (secondary N) is 2. The van der Waals surface area contributed by atoms with Gasteiger partial charge in [-0.05, 0) is 68.3 Å². The molecular weight excluding hydrogens is 314 g/mol. The molecule has 3 rings (SSSR count). The van der Waals surface area contributed by atoms with Crippen molar-refractivity contribution in [3.8, 4) is 0 Å². The summed E-state index contributed by atoms with van der Waals surface area (Å²) >= 11 is 5.48. The number of hydrogen-bond donors (Lipinski definition) is 2. The fourth-order valence-corrected chi connectivity index (χ4v) is 3.47. The fraction of sp³-hybridized carbons (Fsp3) is 0.350. The van der Waals surface area contributed by atoms with Crippen molar-refractivity contribution < 1.29 is 0 Å². The Morgan fingerprint density at radius 1 is 1.08 bits per heavy atom. The van der Waals surface area contributed by atoms with Crippen LogP contribution in [0.4, 0.5) is 5.69 Å². The highest BCUT2D eigenvalue weighted by Gasteiger charge is 2.23. The van der Waals surface area contributed by atoms with E-state index < -0.39 is 0 Å². The second kappa shape index (κ2) is 8.27. The quantitative estimate of drug-likeness (QED) is 0.802. The molecule has 1 atom stereocenters. The molecule has 1 aliphatic heterocycles. The molecule has 3 nitrogen and oxygen atoms in total. The molecule has 0 unspecified atom stereocenters. The van der Waals surface area contributed by atoms with Crippen LogP contribution in [-0.2, 0) is 0 Å². The van der Waals surface area contributed by atoms with Gasteiger partial charge in [0.15, 0.2) is 5.11 Å². The van der Waals surface area contributed by atoms with Crippen LogP contribution in [0.1, 0.15) is 30.0 Å². The number of nitrogens with zero attached hydrogens (tertiary/aromatic N) is 1. The minimum Gasteiger partial charge on any atom is -0.361 e. The number of likely N-dealkylation sites (tertiary alicyclic amines) is 1. The summed E-state index contributed by atoms with van der Waals surface area (Å²) in [5.41, 5.74) is 3.61. The van der Waals surface area contributed by atoms with E-state index in [0.29, 0.717) is 11.2 Å². The van der Waals surface area contributed by atoms with Gasteiger partial charge in [0.05, 0.1) is 6.04 Å². The van der Waals surface area contributed by atoms with E-state index in [0.717, 1.165) is 12.2 Å². The zero-order valence-corrected chi connectivity index (χ0v) is 15.0. The number of anilines is 1. The summed E-state index contributed by atoms with van der Waals surface area (Å²) in [6.07, 6.45) is 2.57. The molecule has 4 heteroatoms. The maximum Gasteiger partial charge on any atom is 0.170 e. The summed E-state index contributed by atoms with van der Waals surface area (Å²) in [5, 5.41) is 7.37. The van der Waals surface area contributed by atoms with Gasteiger partial charge in [-0.15, -0.1) is 0 Å². The first-order chi connectivity index (χ1) is 11.7. The van der Waals surface area contributed by atoms with Gasteiger partial charge >= 0.3 is 0 Å². The Bertz CT molecular complexity index is 666. The number of thiocarbonyl (C=S) groups is 1. The number of aryl methyl sites for hydroxylation is 1. The predicted octanol–water partition coefficient (Wildman–Crippen LogP) is 4.12. The summed E-state index contributed by atoms with van der Waals surface area (Å²) in [4.78, 5) is 2.55. The van der Waals surface area contributed by atoms with Gasteiger partial charge in [-0.25, -0.2) is 0 Å². The van der Waals surface area contributed by atoms with E-state index in [1.165, 1.54) is 37.1 Å². The Labute approximate surface area is 150 Å². The first-order valence-electron chi connectivity index (χ1n) is 8.63. The molecule has 2 N–H and O–H groups in total. The second-order valence-electron chi connectivity index (χ2n) is 6.37. The van der Waals surface area contributed by atoms with Crippen LogP contribution in [0, 0.1) is 6.92 Å². The van der Waals surface area contributed by atoms with E-state index in [1.807, 2.05) is 12.1 Å². The first kappa shape index (κ1) is 16.9. The van der Waals surface area contributed by atoms with Crippen LogP contribution in [0.5, 0.6) is 0 Å². The van der Waals surface area contributed by atoms with Gasteiger partial charge < -0.3 is 10.6 Å². The average molecular weight is 340 g/mol. The largest absolute Gasteiger partial charge is 0.361 e. The van der Waals surface area contributed by atoms with Crippen molar-refractivity contribution in [1.29, 1.82) is 0 Å². The minimum atomic E-state index is 0.367. The summed E-state index contributed by atoms with van der Waals surface area (Å²) in [5.74, 6) is 0. The molecule has 0 spiro atoms. The minimum absolute atomic E-state index is 0.367. The molecule has 1 saturated heterocycles. The Morgan fingerprint density at radius 3 is 2.54 bits per heavy atom. The van der Waals surface area contributed by atoms with Crippen LogP contribution in [0.2, 0.25) is 0 Å². The molecule has 0 aliphatic carbocycles. The Morgan fingerprint density at radius 2 is 1.83 bits per heavy atom. The number of rotatable bonds is 5. The molecule has 24 heavy (non-hydrogen) atoms. The smallest absolute Gasteiger partial charge is 0.170 e. The number of benzene rings is 2. The SMILES string of the molecule is Cc1cccc(NC(=S)NC[C@@H](c2ccccc2)N2CCCC2)c1. The number of hydrogen-bond acceptors (Lipinski definition) is 2. The van der Waals surface area contributed by atoms with E-state index in [2.05, 4.69) is 64.9 Å². The van der Waals surface area contributed by atoms with Crippen LogP contribution >= 0.6 is 12.2 Å². The third-order valence-corrected chi connectivity index (χ3v) is 4.74. The lowest BCUT2D eigenvalue weighted by Crippen LogP contribution is -2.38. The van der Waals surface area contributed by atoms with Crippen LogP contribution in [-0.4, -0.2) is 29.6 Å². The standard InChI is InChI=1S/C20H25N3S/c1-16-8-7-11-18(14-16)22-20(24)21-15-19(23-12-5-6-13-23)17-9-3-2-4-10-17/h2-4,7-11,14,19H,5-6,12-13,15H2,1H3,(H2,21,22,24)/t19-/m0/s1. The molecule has 0 saturated carbocycles. The van der Waals surface area contributed by atoms with Gasteiger partial charge in [-0.1, -0.05) is 42.5 Å². The van der Waals surface area contributed by atoms with Gasteiger partial charge in [-0.2, -0.15) is 0 Å². The van der Waals surface area contributed by atoms with Gasteiger partial charge in [0.25, 0.3) is 0 Å². The second-order valence-corrected chi connectivity index (χ2v) is 6.78. The lowest BCUT2D eigenvalue weighted by Gasteiger charge is -2.28. The summed E-state index contributed by atoms with van der Waals surface area (Å²) in [6.45, 7) is 5.24. The molecule has 1 fully saturated rings. The van der Waals surface area contributed by atoms with E-state index in [-0.39, 0.29) is 0 Å². The lowest BCUT2D eigenvalue weighted by molar-refractivity contribution is 0.246. The van der Waals surface area contributed by atoms with E-state index in [4.69, 9.17) is 12.2 Å². The fourth-order valence-electron chi connectivity index (χ4n) is 3.27. The van der Waals surface area contributed by atoms with Crippen molar-refractivity contribution in [3.05, 3.63) is 65.7 Å². The van der Waals surface area contributed by atoms with Crippen molar-refractivity contribution in [2.75, 3.05) is 25.0 Å². The average Bonchev–Trinajstić information content (AvgIpc) is 3.10. The van der Waals surface area contributed by atoms with Gasteiger partial charge in [0, 0.05) is 12.2 Å². The van der Waals surface area contributed by atoms with Crippen molar-refractivity contribution in [2.45, 2.75) is 25.8 Å². The summed E-state index contributed by atoms with van der Waals surface area (Å²) < 4.78 is 0. The van der Waals surface area contributed by atoms with E-state index in [9.17, 15) is 0 Å². The normalized spacial score (nSPS) is 15.9. The summed E-state index contributed by atoms with van der Waals surface area (Å²) in [6, 6.07) is 19.3. The molecule has 126 valence electrons. The molecule has 1 aliphatic rings. The highest BCUT2D eigenvalue weighted by atomic mass is 32.1. The maximum atomic E-state index is 5.48. The lowest BCUT2D eigenvalue weighted by atomic mass is 10.1. The topological polar surface area (TPSA) is 27.3 Å². The van der Waals surface area contributed by atoms with Crippen LogP contribution in [0.25, 0.3) is 0 Å². The Balaban J connectivity index is 1.61. The third kappa shape index (κ3) is 4.56. The van der Waals surface area contributed by atoms with E-state index >= 15 is 0 Å². The molecule has 0 aromatic heterocycles. The maximum absolute atomic E-state index is 5.48. The highest BCUT2D eigenvalue weighted by molar-refractivity contribution is 7.80. The van der Waals surface area contributed by atoms with Gasteiger partial charge in [0.1, 0.15) is 0 Å². The predicted molar refractivity (Wildman–Crippen MR) is 105 cm³/mol. The van der Waals surface area contributed by atoms with Gasteiger partial charge in [0.2, 0.25) is 0 Å². The molecule has 0 bridgehead atoms. The Kier molecular flexibility index (Phi) is 5.83. The third-order valence-electron chi connectivity index (χ3n) is 4.50. The van der Waals surface area contributed by atoms with E-state index in [1.54, 1.807) is 0 Å². The highest BCUT2D eigenvalue weighted by Crippen LogP contribution is 2.24. The molecule has 0 amide bonds. The van der Waals surface area contributed by atoms with Crippen LogP contribution in [0.15, 0.2) is 54.6 Å². The zero-order chi connectivity index (χ0) is 16.8.